The van der Waals surface area contributed by atoms with E-state index in [4.69, 9.17) is 0 Å². The Kier molecular flexibility index (Phi) is 4.38. The Labute approximate surface area is 122 Å². The van der Waals surface area contributed by atoms with Crippen LogP contribution in [0, 0.1) is 11.8 Å². The molecule has 2 nitrogen and oxygen atoms in total. The molecule has 2 atom stereocenters. The maximum Gasteiger partial charge on any atom is 0.254 e. The largest absolute Gasteiger partial charge is 0.338 e. The molecule has 0 spiro atoms. The Bertz CT molecular complexity index is 463. The highest BCUT2D eigenvalue weighted by molar-refractivity contribution is 9.10. The summed E-state index contributed by atoms with van der Waals surface area (Å²) in [7, 11) is 0. The van der Waals surface area contributed by atoms with Crippen LogP contribution in [0.3, 0.4) is 0 Å². The van der Waals surface area contributed by atoms with E-state index in [1.807, 2.05) is 23.1 Å². The molecule has 1 fully saturated rings. The van der Waals surface area contributed by atoms with Crippen molar-refractivity contribution in [2.75, 3.05) is 13.1 Å². The van der Waals surface area contributed by atoms with E-state index in [0.717, 1.165) is 28.9 Å². The van der Waals surface area contributed by atoms with Crippen LogP contribution in [0.2, 0.25) is 0 Å². The minimum Gasteiger partial charge on any atom is -0.338 e. The number of halogens is 1. The molecule has 1 aromatic rings. The van der Waals surface area contributed by atoms with Crippen molar-refractivity contribution in [3.8, 4) is 0 Å². The van der Waals surface area contributed by atoms with E-state index < -0.39 is 0 Å². The first-order chi connectivity index (χ1) is 8.49. The van der Waals surface area contributed by atoms with Crippen molar-refractivity contribution in [3.63, 3.8) is 0 Å². The average molecular weight is 328 g/mol. The van der Waals surface area contributed by atoms with Crippen molar-refractivity contribution in [1.82, 2.24) is 4.90 Å². The topological polar surface area (TPSA) is 20.3 Å². The van der Waals surface area contributed by atoms with Crippen molar-refractivity contribution in [3.05, 3.63) is 28.2 Å². The normalized spacial score (nSPS) is 24.1. The zero-order valence-corrected chi connectivity index (χ0v) is 13.2. The predicted octanol–water partition coefficient (Wildman–Crippen LogP) is 3.86. The number of hydrogen-bond donors (Lipinski definition) is 1. The summed E-state index contributed by atoms with van der Waals surface area (Å²) in [6.07, 6.45) is 1.09. The van der Waals surface area contributed by atoms with Gasteiger partial charge in [-0.3, -0.25) is 4.79 Å². The third-order valence-corrected chi connectivity index (χ3v) is 4.67. The van der Waals surface area contributed by atoms with Gasteiger partial charge in [0.25, 0.3) is 5.91 Å². The van der Waals surface area contributed by atoms with Crippen LogP contribution in [0.5, 0.6) is 0 Å². The van der Waals surface area contributed by atoms with Gasteiger partial charge in [-0.15, -0.1) is 12.6 Å². The van der Waals surface area contributed by atoms with Crippen molar-refractivity contribution < 1.29 is 4.79 Å². The van der Waals surface area contributed by atoms with Crippen molar-refractivity contribution in [2.24, 2.45) is 11.8 Å². The fraction of sp³-hybridized carbons (Fsp3) is 0.500. The first kappa shape index (κ1) is 13.9. The lowest BCUT2D eigenvalue weighted by Gasteiger charge is -2.35. The van der Waals surface area contributed by atoms with Gasteiger partial charge in [0.1, 0.15) is 0 Å². The summed E-state index contributed by atoms with van der Waals surface area (Å²) in [5, 5.41) is 0. The molecule has 1 heterocycles. The van der Waals surface area contributed by atoms with Crippen LogP contribution in [0.4, 0.5) is 0 Å². The highest BCUT2D eigenvalue weighted by atomic mass is 79.9. The first-order valence-corrected chi connectivity index (χ1v) is 7.51. The zero-order chi connectivity index (χ0) is 13.3. The summed E-state index contributed by atoms with van der Waals surface area (Å²) in [5.41, 5.74) is 0.697. The van der Waals surface area contributed by atoms with Gasteiger partial charge in [-0.2, -0.15) is 0 Å². The second-order valence-electron chi connectivity index (χ2n) is 5.16. The lowest BCUT2D eigenvalue weighted by atomic mass is 9.88. The van der Waals surface area contributed by atoms with Crippen LogP contribution in [-0.4, -0.2) is 23.9 Å². The van der Waals surface area contributed by atoms with E-state index >= 15 is 0 Å². The summed E-state index contributed by atoms with van der Waals surface area (Å²) in [5.74, 6) is 1.38. The smallest absolute Gasteiger partial charge is 0.254 e. The van der Waals surface area contributed by atoms with E-state index in [1.165, 1.54) is 0 Å². The molecule has 0 aromatic heterocycles. The molecule has 0 N–H and O–H groups in total. The molecule has 4 heteroatoms. The summed E-state index contributed by atoms with van der Waals surface area (Å²) in [6.45, 7) is 6.18. The Morgan fingerprint density at radius 1 is 1.39 bits per heavy atom. The first-order valence-electron chi connectivity index (χ1n) is 6.27. The minimum absolute atomic E-state index is 0.103. The Hall–Kier alpha value is -0.480. The quantitative estimate of drug-likeness (QED) is 0.776. The maximum atomic E-state index is 12.4. The molecule has 18 heavy (non-hydrogen) atoms. The number of thiol groups is 1. The summed E-state index contributed by atoms with van der Waals surface area (Å²) >= 11 is 7.77. The molecule has 2 rings (SSSR count). The number of likely N-dealkylation sites (tertiary alicyclic amines) is 1. The molecule has 2 unspecified atom stereocenters. The van der Waals surface area contributed by atoms with Crippen LogP contribution < -0.4 is 0 Å². The molecule has 0 bridgehead atoms. The molecule has 0 aliphatic carbocycles. The molecule has 1 aliphatic heterocycles. The third-order valence-electron chi connectivity index (χ3n) is 3.81. The Balaban J connectivity index is 2.16. The van der Waals surface area contributed by atoms with Crippen LogP contribution in [-0.2, 0) is 0 Å². The lowest BCUT2D eigenvalue weighted by molar-refractivity contribution is 0.0624. The second kappa shape index (κ2) is 5.66. The number of rotatable bonds is 1. The maximum absolute atomic E-state index is 12.4. The second-order valence-corrected chi connectivity index (χ2v) is 6.55. The van der Waals surface area contributed by atoms with E-state index in [0.29, 0.717) is 17.4 Å². The Morgan fingerprint density at radius 3 is 2.72 bits per heavy atom. The van der Waals surface area contributed by atoms with Gasteiger partial charge in [0.2, 0.25) is 0 Å². The van der Waals surface area contributed by atoms with Crippen LogP contribution >= 0.6 is 28.6 Å². The van der Waals surface area contributed by atoms with Crippen molar-refractivity contribution in [2.45, 2.75) is 25.2 Å². The summed E-state index contributed by atoms with van der Waals surface area (Å²) in [4.78, 5) is 15.1. The molecule has 1 saturated heterocycles. The van der Waals surface area contributed by atoms with Gasteiger partial charge in [-0.25, -0.2) is 0 Å². The van der Waals surface area contributed by atoms with E-state index in [2.05, 4.69) is 42.4 Å². The Morgan fingerprint density at radius 2 is 2.11 bits per heavy atom. The summed E-state index contributed by atoms with van der Waals surface area (Å²) in [6, 6.07) is 5.60. The van der Waals surface area contributed by atoms with Gasteiger partial charge in [0.05, 0.1) is 5.56 Å². The van der Waals surface area contributed by atoms with Crippen LogP contribution in [0.1, 0.15) is 30.6 Å². The number of nitrogens with zero attached hydrogens (tertiary/aromatic N) is 1. The van der Waals surface area contributed by atoms with Crippen molar-refractivity contribution in [1.29, 1.82) is 0 Å². The number of piperidine rings is 1. The number of carbonyl (C=O) groups is 1. The van der Waals surface area contributed by atoms with Gasteiger partial charge < -0.3 is 4.90 Å². The number of carbonyl (C=O) groups excluding carboxylic acids is 1. The van der Waals surface area contributed by atoms with Gasteiger partial charge in [-0.05, 0) is 36.5 Å². The van der Waals surface area contributed by atoms with Crippen molar-refractivity contribution >= 4 is 34.5 Å². The van der Waals surface area contributed by atoms with Gasteiger partial charge in [-0.1, -0.05) is 29.8 Å². The molecule has 1 aromatic carbocycles. The van der Waals surface area contributed by atoms with Crippen LogP contribution in [0.15, 0.2) is 27.6 Å². The molecule has 0 saturated carbocycles. The molecular formula is C14H18BrNOS. The molecule has 98 valence electrons. The minimum atomic E-state index is 0.103. The van der Waals surface area contributed by atoms with Gasteiger partial charge in [0, 0.05) is 22.5 Å². The van der Waals surface area contributed by atoms with Gasteiger partial charge >= 0.3 is 0 Å². The molecule has 1 aliphatic rings. The third kappa shape index (κ3) is 2.91. The number of benzene rings is 1. The number of amides is 1. The zero-order valence-electron chi connectivity index (χ0n) is 10.7. The SMILES string of the molecule is CC1CCN(C(=O)c2ccc(Br)cc2S)CC1C. The molecular weight excluding hydrogens is 310 g/mol. The summed E-state index contributed by atoms with van der Waals surface area (Å²) < 4.78 is 0.949. The monoisotopic (exact) mass is 327 g/mol. The fourth-order valence-electron chi connectivity index (χ4n) is 2.30. The molecule has 0 radical (unpaired) electrons. The van der Waals surface area contributed by atoms with E-state index in [-0.39, 0.29) is 5.91 Å². The van der Waals surface area contributed by atoms with Crippen LogP contribution in [0.25, 0.3) is 0 Å². The highest BCUT2D eigenvalue weighted by Crippen LogP contribution is 2.26. The highest BCUT2D eigenvalue weighted by Gasteiger charge is 2.27. The number of hydrogen-bond acceptors (Lipinski definition) is 2. The standard InChI is InChI=1S/C14H18BrNOS/c1-9-5-6-16(8-10(9)2)14(17)12-4-3-11(15)7-13(12)18/h3-4,7,9-10,18H,5-6,8H2,1-2H3. The van der Waals surface area contributed by atoms with E-state index in [9.17, 15) is 4.79 Å². The van der Waals surface area contributed by atoms with E-state index in [1.54, 1.807) is 0 Å². The predicted molar refractivity (Wildman–Crippen MR) is 80.2 cm³/mol. The molecule has 1 amide bonds. The lowest BCUT2D eigenvalue weighted by Crippen LogP contribution is -2.42. The average Bonchev–Trinajstić information content (AvgIpc) is 2.32. The fourth-order valence-corrected chi connectivity index (χ4v) is 3.15. The van der Waals surface area contributed by atoms with Gasteiger partial charge in [0.15, 0.2) is 0 Å².